The third kappa shape index (κ3) is 5.62. The average molecular weight is 379 g/mol. The van der Waals surface area contributed by atoms with Crippen molar-refractivity contribution < 1.29 is 4.79 Å². The van der Waals surface area contributed by atoms with E-state index in [2.05, 4.69) is 35.8 Å². The fraction of sp³-hybridized carbons (Fsp3) is 0.300. The number of hydrogen-bond donors (Lipinski definition) is 3. The molecule has 146 valence electrons. The van der Waals surface area contributed by atoms with E-state index in [0.29, 0.717) is 11.5 Å². The molecule has 2 amide bonds. The van der Waals surface area contributed by atoms with Crippen molar-refractivity contribution in [1.29, 1.82) is 0 Å². The number of fused-ring (bicyclic) bond motifs is 1. The summed E-state index contributed by atoms with van der Waals surface area (Å²) in [4.78, 5) is 27.2. The van der Waals surface area contributed by atoms with Crippen LogP contribution < -0.4 is 16.0 Å². The molecule has 0 saturated heterocycles. The van der Waals surface area contributed by atoms with Gasteiger partial charge in [0.2, 0.25) is 5.95 Å². The van der Waals surface area contributed by atoms with E-state index in [4.69, 9.17) is 0 Å². The Morgan fingerprint density at radius 2 is 1.93 bits per heavy atom. The maximum atomic E-state index is 12.3. The first-order valence-electron chi connectivity index (χ1n) is 9.16. The molecular weight excluding hydrogens is 354 g/mol. The van der Waals surface area contributed by atoms with Crippen molar-refractivity contribution in [1.82, 2.24) is 19.9 Å². The highest BCUT2D eigenvalue weighted by atomic mass is 16.2. The fourth-order valence-corrected chi connectivity index (χ4v) is 2.75. The second-order valence-electron chi connectivity index (χ2n) is 6.82. The number of rotatable bonds is 7. The Morgan fingerprint density at radius 1 is 1.07 bits per heavy atom. The van der Waals surface area contributed by atoms with E-state index in [1.54, 1.807) is 12.4 Å². The summed E-state index contributed by atoms with van der Waals surface area (Å²) >= 11 is 0. The normalized spacial score (nSPS) is 10.9. The van der Waals surface area contributed by atoms with Gasteiger partial charge in [-0.05, 0) is 57.6 Å². The molecule has 0 aliphatic carbocycles. The Balaban J connectivity index is 1.61. The lowest BCUT2D eigenvalue weighted by molar-refractivity contribution is 0.262. The second-order valence-corrected chi connectivity index (χ2v) is 6.82. The number of nitrogens with one attached hydrogen (secondary N) is 3. The summed E-state index contributed by atoms with van der Waals surface area (Å²) in [6, 6.07) is 9.04. The van der Waals surface area contributed by atoms with Crippen LogP contribution in [0.1, 0.15) is 12.1 Å². The van der Waals surface area contributed by atoms with E-state index < -0.39 is 6.03 Å². The zero-order valence-corrected chi connectivity index (χ0v) is 16.4. The Hall–Kier alpha value is -3.26. The topological polar surface area (TPSA) is 95.1 Å². The Labute approximate surface area is 164 Å². The van der Waals surface area contributed by atoms with Gasteiger partial charge in [-0.25, -0.2) is 9.78 Å². The van der Waals surface area contributed by atoms with Crippen LogP contribution >= 0.6 is 0 Å². The minimum Gasteiger partial charge on any atom is -0.370 e. The number of pyridine rings is 1. The zero-order valence-electron chi connectivity index (χ0n) is 16.4. The number of aromatic nitrogens is 3. The first kappa shape index (κ1) is 19.5. The highest BCUT2D eigenvalue weighted by Crippen LogP contribution is 2.18. The Bertz CT molecular complexity index is 958. The summed E-state index contributed by atoms with van der Waals surface area (Å²) in [5.74, 6) is 0.952. The number of carbonyl (C=O) groups excluding carboxylic acids is 1. The van der Waals surface area contributed by atoms with Crippen LogP contribution in [0.25, 0.3) is 10.8 Å². The molecule has 0 spiro atoms. The van der Waals surface area contributed by atoms with Crippen molar-refractivity contribution in [3.63, 3.8) is 0 Å². The van der Waals surface area contributed by atoms with Crippen molar-refractivity contribution in [2.24, 2.45) is 0 Å². The molecule has 2 heterocycles. The molecule has 0 aliphatic heterocycles. The highest BCUT2D eigenvalue weighted by Gasteiger charge is 2.08. The molecule has 0 saturated carbocycles. The predicted octanol–water partition coefficient (Wildman–Crippen LogP) is 3.34. The van der Waals surface area contributed by atoms with E-state index in [0.717, 1.165) is 36.0 Å². The minimum atomic E-state index is -0.396. The highest BCUT2D eigenvalue weighted by molar-refractivity contribution is 6.00. The molecule has 3 N–H and O–H groups in total. The van der Waals surface area contributed by atoms with E-state index in [1.165, 1.54) is 0 Å². The molecule has 0 aliphatic rings. The quantitative estimate of drug-likeness (QED) is 0.545. The van der Waals surface area contributed by atoms with Crippen LogP contribution in [0, 0.1) is 6.92 Å². The third-order valence-corrected chi connectivity index (χ3v) is 4.07. The van der Waals surface area contributed by atoms with E-state index in [-0.39, 0.29) is 5.95 Å². The molecule has 2 aromatic heterocycles. The molecule has 8 heteroatoms. The van der Waals surface area contributed by atoms with Gasteiger partial charge in [0, 0.05) is 41.8 Å². The molecule has 0 fully saturated rings. The number of amides is 2. The van der Waals surface area contributed by atoms with Gasteiger partial charge in [0.1, 0.15) is 5.82 Å². The number of anilines is 3. The van der Waals surface area contributed by atoms with Crippen LogP contribution in [0.4, 0.5) is 22.2 Å². The van der Waals surface area contributed by atoms with Crippen LogP contribution in [0.15, 0.2) is 42.7 Å². The number of benzene rings is 1. The molecule has 0 bridgehead atoms. The van der Waals surface area contributed by atoms with Gasteiger partial charge < -0.3 is 15.5 Å². The van der Waals surface area contributed by atoms with Crippen LogP contribution in [0.2, 0.25) is 0 Å². The molecule has 0 radical (unpaired) electrons. The lowest BCUT2D eigenvalue weighted by Gasteiger charge is -2.12. The standard InChI is InChI=1S/C20H25N7O/c1-14-11-18(22-8-4-10-27(2)3)25-19(23-14)26-20(28)24-17-6-5-15-7-9-21-13-16(15)12-17/h5-7,9,11-13H,4,8,10H2,1-3H3,(H3,22,23,24,25,26,28). The van der Waals surface area contributed by atoms with Crippen LogP contribution in [-0.4, -0.2) is 53.1 Å². The van der Waals surface area contributed by atoms with Crippen LogP contribution in [0.3, 0.4) is 0 Å². The van der Waals surface area contributed by atoms with Gasteiger partial charge in [-0.3, -0.25) is 10.3 Å². The summed E-state index contributed by atoms with van der Waals surface area (Å²) in [6.45, 7) is 3.66. The van der Waals surface area contributed by atoms with Crippen molar-refractivity contribution in [2.75, 3.05) is 43.1 Å². The first-order chi connectivity index (χ1) is 13.5. The van der Waals surface area contributed by atoms with Crippen LogP contribution in [0.5, 0.6) is 0 Å². The fourth-order valence-electron chi connectivity index (χ4n) is 2.75. The zero-order chi connectivity index (χ0) is 19.9. The number of nitrogens with zero attached hydrogens (tertiary/aromatic N) is 4. The van der Waals surface area contributed by atoms with Gasteiger partial charge in [-0.2, -0.15) is 4.98 Å². The van der Waals surface area contributed by atoms with E-state index >= 15 is 0 Å². The predicted molar refractivity (Wildman–Crippen MR) is 113 cm³/mol. The summed E-state index contributed by atoms with van der Waals surface area (Å²) in [6.07, 6.45) is 4.50. The monoisotopic (exact) mass is 379 g/mol. The molecule has 0 unspecified atom stereocenters. The van der Waals surface area contributed by atoms with Crippen molar-refractivity contribution >= 4 is 34.3 Å². The van der Waals surface area contributed by atoms with Crippen molar-refractivity contribution in [3.8, 4) is 0 Å². The van der Waals surface area contributed by atoms with Gasteiger partial charge in [0.15, 0.2) is 0 Å². The summed E-state index contributed by atoms with van der Waals surface area (Å²) < 4.78 is 0. The van der Waals surface area contributed by atoms with Gasteiger partial charge >= 0.3 is 6.03 Å². The van der Waals surface area contributed by atoms with Gasteiger partial charge in [0.25, 0.3) is 0 Å². The lowest BCUT2D eigenvalue weighted by atomic mass is 10.1. The van der Waals surface area contributed by atoms with E-state index in [9.17, 15) is 4.79 Å². The molecule has 8 nitrogen and oxygen atoms in total. The Kier molecular flexibility index (Phi) is 6.33. The molecule has 3 aromatic rings. The maximum Gasteiger partial charge on any atom is 0.326 e. The van der Waals surface area contributed by atoms with E-state index in [1.807, 2.05) is 51.4 Å². The Morgan fingerprint density at radius 3 is 2.75 bits per heavy atom. The van der Waals surface area contributed by atoms with Gasteiger partial charge in [0.05, 0.1) is 0 Å². The summed E-state index contributed by atoms with van der Waals surface area (Å²) in [5, 5.41) is 10.8. The van der Waals surface area contributed by atoms with Gasteiger partial charge in [-0.15, -0.1) is 0 Å². The number of urea groups is 1. The third-order valence-electron chi connectivity index (χ3n) is 4.07. The molecule has 0 atom stereocenters. The molecular formula is C20H25N7O. The van der Waals surface area contributed by atoms with Crippen molar-refractivity contribution in [3.05, 3.63) is 48.4 Å². The first-order valence-corrected chi connectivity index (χ1v) is 9.16. The minimum absolute atomic E-state index is 0.259. The largest absolute Gasteiger partial charge is 0.370 e. The number of carbonyl (C=O) groups is 1. The smallest absolute Gasteiger partial charge is 0.326 e. The van der Waals surface area contributed by atoms with Crippen LogP contribution in [-0.2, 0) is 0 Å². The van der Waals surface area contributed by atoms with Crippen molar-refractivity contribution in [2.45, 2.75) is 13.3 Å². The van der Waals surface area contributed by atoms with Gasteiger partial charge in [-0.1, -0.05) is 6.07 Å². The molecule has 1 aromatic carbocycles. The summed E-state index contributed by atoms with van der Waals surface area (Å²) in [7, 11) is 4.09. The summed E-state index contributed by atoms with van der Waals surface area (Å²) in [5.41, 5.74) is 1.45. The SMILES string of the molecule is Cc1cc(NCCCN(C)C)nc(NC(=O)Nc2ccc3ccncc3c2)n1. The molecule has 3 rings (SSSR count). The average Bonchev–Trinajstić information content (AvgIpc) is 2.64. The maximum absolute atomic E-state index is 12.3. The second kappa shape index (κ2) is 9.09. The number of hydrogen-bond acceptors (Lipinski definition) is 6. The number of aryl methyl sites for hydroxylation is 1. The lowest BCUT2D eigenvalue weighted by Crippen LogP contribution is -2.21. The molecule has 28 heavy (non-hydrogen) atoms.